The Labute approximate surface area is 213 Å². The molecule has 3 rings (SSSR count). The molecule has 36 heavy (non-hydrogen) atoms. The van der Waals surface area contributed by atoms with E-state index in [1.807, 2.05) is 51.1 Å². The molecule has 2 amide bonds. The van der Waals surface area contributed by atoms with E-state index in [9.17, 15) is 18.0 Å². The first kappa shape index (κ1) is 26.9. The molecule has 8 heteroatoms. The van der Waals surface area contributed by atoms with Crippen molar-refractivity contribution < 1.29 is 18.0 Å². The zero-order chi connectivity index (χ0) is 26.5. The van der Waals surface area contributed by atoms with Gasteiger partial charge in [-0.15, -0.1) is 0 Å². The number of rotatable bonds is 9. The summed E-state index contributed by atoms with van der Waals surface area (Å²) in [7, 11) is -2.55. The summed E-state index contributed by atoms with van der Waals surface area (Å²) in [6, 6.07) is 20.3. The van der Waals surface area contributed by atoms with Crippen molar-refractivity contribution in [3.05, 3.63) is 95.1 Å². The van der Waals surface area contributed by atoms with Crippen molar-refractivity contribution in [2.24, 2.45) is 0 Å². The van der Waals surface area contributed by atoms with Gasteiger partial charge < -0.3 is 10.2 Å². The van der Waals surface area contributed by atoms with Gasteiger partial charge in [-0.05, 0) is 68.7 Å². The lowest BCUT2D eigenvalue weighted by molar-refractivity contribution is -0.139. The van der Waals surface area contributed by atoms with Crippen LogP contribution < -0.4 is 9.62 Å². The molecule has 0 fully saturated rings. The molecular weight excluding hydrogens is 474 g/mol. The number of anilines is 1. The van der Waals surface area contributed by atoms with Gasteiger partial charge in [0.05, 0.1) is 10.6 Å². The second-order valence-electron chi connectivity index (χ2n) is 8.97. The molecule has 0 aromatic heterocycles. The lowest BCUT2D eigenvalue weighted by Crippen LogP contribution is -2.50. The second-order valence-corrected chi connectivity index (χ2v) is 10.8. The molecule has 0 aliphatic rings. The molecule has 0 aliphatic carbocycles. The fourth-order valence-electron chi connectivity index (χ4n) is 4.14. The summed E-state index contributed by atoms with van der Waals surface area (Å²) >= 11 is 0. The van der Waals surface area contributed by atoms with Crippen LogP contribution in [0.1, 0.15) is 29.2 Å². The van der Waals surface area contributed by atoms with Crippen LogP contribution in [-0.2, 0) is 26.2 Å². The monoisotopic (exact) mass is 507 g/mol. The highest BCUT2D eigenvalue weighted by atomic mass is 32.2. The zero-order valence-corrected chi connectivity index (χ0v) is 22.2. The van der Waals surface area contributed by atoms with Crippen LogP contribution in [0.3, 0.4) is 0 Å². The van der Waals surface area contributed by atoms with Crippen LogP contribution in [0, 0.1) is 20.8 Å². The van der Waals surface area contributed by atoms with Gasteiger partial charge >= 0.3 is 0 Å². The van der Waals surface area contributed by atoms with Crippen LogP contribution >= 0.6 is 0 Å². The average Bonchev–Trinajstić information content (AvgIpc) is 2.84. The maximum atomic E-state index is 13.8. The molecule has 0 saturated heterocycles. The van der Waals surface area contributed by atoms with E-state index in [4.69, 9.17) is 0 Å². The number of nitrogens with zero attached hydrogens (tertiary/aromatic N) is 2. The molecule has 0 aliphatic heterocycles. The molecule has 0 heterocycles. The molecule has 0 bridgehead atoms. The van der Waals surface area contributed by atoms with Crippen molar-refractivity contribution in [3.8, 4) is 0 Å². The third kappa shape index (κ3) is 6.31. The molecule has 0 saturated carbocycles. The smallest absolute Gasteiger partial charge is 0.264 e. The third-order valence-corrected chi connectivity index (χ3v) is 7.74. The van der Waals surface area contributed by atoms with E-state index < -0.39 is 28.5 Å². The third-order valence-electron chi connectivity index (χ3n) is 5.95. The molecule has 1 unspecified atom stereocenters. The van der Waals surface area contributed by atoms with Crippen molar-refractivity contribution >= 4 is 27.5 Å². The van der Waals surface area contributed by atoms with Gasteiger partial charge in [0, 0.05) is 13.6 Å². The number of sulfonamides is 1. The number of hydrogen-bond acceptors (Lipinski definition) is 4. The van der Waals surface area contributed by atoms with Crippen molar-refractivity contribution in [2.75, 3.05) is 17.9 Å². The number of nitrogens with one attached hydrogen (secondary N) is 1. The first-order valence-electron chi connectivity index (χ1n) is 11.8. The topological polar surface area (TPSA) is 86.8 Å². The minimum Gasteiger partial charge on any atom is -0.357 e. The average molecular weight is 508 g/mol. The van der Waals surface area contributed by atoms with Gasteiger partial charge in [-0.3, -0.25) is 13.9 Å². The molecule has 1 N–H and O–H groups in total. The minimum atomic E-state index is -4.06. The van der Waals surface area contributed by atoms with Crippen molar-refractivity contribution in [1.29, 1.82) is 0 Å². The fourth-order valence-corrected chi connectivity index (χ4v) is 5.56. The largest absolute Gasteiger partial charge is 0.357 e. The standard InChI is InChI=1S/C28H33N3O4S/c1-20-10-9-11-24(15-20)18-30(23(4)28(33)29-5)27(32)19-31(25-16-21(2)14-22(3)17-25)36(34,35)26-12-7-6-8-13-26/h6-17,23H,18-19H2,1-5H3,(H,29,33). The highest BCUT2D eigenvalue weighted by Crippen LogP contribution is 2.26. The summed E-state index contributed by atoms with van der Waals surface area (Å²) in [5, 5.41) is 2.59. The van der Waals surface area contributed by atoms with Crippen LogP contribution in [0.4, 0.5) is 5.69 Å². The zero-order valence-electron chi connectivity index (χ0n) is 21.4. The van der Waals surface area contributed by atoms with Crippen LogP contribution in [0.2, 0.25) is 0 Å². The number of carbonyl (C=O) groups is 2. The second kappa shape index (κ2) is 11.4. The molecule has 190 valence electrons. The quantitative estimate of drug-likeness (QED) is 0.475. The van der Waals surface area contributed by atoms with Gasteiger partial charge in [0.25, 0.3) is 10.0 Å². The molecule has 3 aromatic rings. The van der Waals surface area contributed by atoms with Crippen molar-refractivity contribution in [2.45, 2.75) is 45.2 Å². The number of aryl methyl sites for hydroxylation is 3. The Morgan fingerprint density at radius 2 is 1.50 bits per heavy atom. The first-order chi connectivity index (χ1) is 17.0. The Hall–Kier alpha value is -3.65. The Bertz CT molecular complexity index is 1320. The van der Waals surface area contributed by atoms with E-state index in [2.05, 4.69) is 5.32 Å². The van der Waals surface area contributed by atoms with Gasteiger partial charge in [-0.25, -0.2) is 8.42 Å². The summed E-state index contributed by atoms with van der Waals surface area (Å²) in [6.45, 7) is 7.06. The summed E-state index contributed by atoms with van der Waals surface area (Å²) < 4.78 is 28.6. The van der Waals surface area contributed by atoms with Crippen LogP contribution in [0.5, 0.6) is 0 Å². The Balaban J connectivity index is 2.06. The van der Waals surface area contributed by atoms with Crippen LogP contribution in [-0.4, -0.2) is 44.8 Å². The summed E-state index contributed by atoms with van der Waals surface area (Å²) in [5.74, 6) is -0.814. The Kier molecular flexibility index (Phi) is 8.53. The normalized spacial score (nSPS) is 12.0. The van der Waals surface area contributed by atoms with Crippen molar-refractivity contribution in [1.82, 2.24) is 10.2 Å². The van der Waals surface area contributed by atoms with Gasteiger partial charge in [-0.1, -0.05) is 54.1 Å². The molecule has 0 spiro atoms. The molecule has 3 aromatic carbocycles. The summed E-state index contributed by atoms with van der Waals surface area (Å²) in [4.78, 5) is 27.8. The van der Waals surface area contributed by atoms with Crippen molar-refractivity contribution in [3.63, 3.8) is 0 Å². The number of carbonyl (C=O) groups excluding carboxylic acids is 2. The fraction of sp³-hybridized carbons (Fsp3) is 0.286. The van der Waals surface area contributed by atoms with Gasteiger partial charge in [-0.2, -0.15) is 0 Å². The van der Waals surface area contributed by atoms with Gasteiger partial charge in [0.15, 0.2) is 0 Å². The predicted molar refractivity (Wildman–Crippen MR) is 142 cm³/mol. The number of likely N-dealkylation sites (N-methyl/N-ethyl adjacent to an activating group) is 1. The minimum absolute atomic E-state index is 0.0848. The Morgan fingerprint density at radius 1 is 0.861 bits per heavy atom. The van der Waals surface area contributed by atoms with E-state index in [1.54, 1.807) is 37.3 Å². The van der Waals surface area contributed by atoms with Gasteiger partial charge in [0.1, 0.15) is 12.6 Å². The maximum absolute atomic E-state index is 13.8. The lowest BCUT2D eigenvalue weighted by atomic mass is 10.1. The number of hydrogen-bond donors (Lipinski definition) is 1. The van der Waals surface area contributed by atoms with E-state index in [1.165, 1.54) is 24.1 Å². The molecule has 7 nitrogen and oxygen atoms in total. The SMILES string of the molecule is CNC(=O)C(C)N(Cc1cccc(C)c1)C(=O)CN(c1cc(C)cc(C)c1)S(=O)(=O)c1ccccc1. The summed E-state index contributed by atoms with van der Waals surface area (Å²) in [5.41, 5.74) is 4.02. The number of benzene rings is 3. The highest BCUT2D eigenvalue weighted by Gasteiger charge is 2.32. The van der Waals surface area contributed by atoms with E-state index in [0.29, 0.717) is 5.69 Å². The number of amides is 2. The van der Waals surface area contributed by atoms with Gasteiger partial charge in [0.2, 0.25) is 11.8 Å². The molecule has 1 atom stereocenters. The first-order valence-corrected chi connectivity index (χ1v) is 13.2. The van der Waals surface area contributed by atoms with Crippen LogP contribution in [0.25, 0.3) is 0 Å². The summed E-state index contributed by atoms with van der Waals surface area (Å²) in [6.07, 6.45) is 0. The van der Waals surface area contributed by atoms with E-state index in [-0.39, 0.29) is 17.3 Å². The highest BCUT2D eigenvalue weighted by molar-refractivity contribution is 7.92. The van der Waals surface area contributed by atoms with E-state index >= 15 is 0 Å². The maximum Gasteiger partial charge on any atom is 0.264 e. The lowest BCUT2D eigenvalue weighted by Gasteiger charge is -2.32. The van der Waals surface area contributed by atoms with E-state index in [0.717, 1.165) is 26.6 Å². The Morgan fingerprint density at radius 3 is 2.08 bits per heavy atom. The predicted octanol–water partition coefficient (Wildman–Crippen LogP) is 3.97. The molecular formula is C28H33N3O4S. The molecule has 0 radical (unpaired) electrons. The van der Waals surface area contributed by atoms with Crippen LogP contribution in [0.15, 0.2) is 77.7 Å².